The van der Waals surface area contributed by atoms with Gasteiger partial charge in [0.05, 0.1) is 18.1 Å². The number of aryl methyl sites for hydroxylation is 2. The molecule has 3 aromatic rings. The van der Waals surface area contributed by atoms with Crippen LogP contribution in [0.5, 0.6) is 5.75 Å². The summed E-state index contributed by atoms with van der Waals surface area (Å²) in [7, 11) is 0. The number of aromatic hydroxyl groups is 1. The van der Waals surface area contributed by atoms with E-state index in [2.05, 4.69) is 5.32 Å². The van der Waals surface area contributed by atoms with Gasteiger partial charge < -0.3 is 26.4 Å². The normalized spacial score (nSPS) is 14.7. The quantitative estimate of drug-likeness (QED) is 0.222. The Bertz CT molecular complexity index is 1160. The minimum Gasteiger partial charge on any atom is -0.508 e. The van der Waals surface area contributed by atoms with Crippen molar-refractivity contribution in [3.05, 3.63) is 113 Å². The van der Waals surface area contributed by atoms with E-state index in [9.17, 15) is 20.1 Å². The second-order valence-corrected chi connectivity index (χ2v) is 9.97. The fourth-order valence-corrected chi connectivity index (χ4v) is 4.67. The average Bonchev–Trinajstić information content (AvgIpc) is 2.90. The van der Waals surface area contributed by atoms with E-state index in [0.29, 0.717) is 25.8 Å². The van der Waals surface area contributed by atoms with Gasteiger partial charge in [0, 0.05) is 12.6 Å². The third-order valence-electron chi connectivity index (χ3n) is 6.93. The SMILES string of the molecule is Cc1cc(O)cc(C)c1CC(N)C(O)CC=CC(O)C(Cc1ccccc1)C(=O)NCCc1ccccc1. The number of nitrogens with one attached hydrogen (secondary N) is 1. The van der Waals surface area contributed by atoms with Crippen LogP contribution in [-0.2, 0) is 24.1 Å². The van der Waals surface area contributed by atoms with Crippen molar-refractivity contribution in [1.82, 2.24) is 5.32 Å². The number of benzene rings is 3. The second kappa shape index (κ2) is 14.5. The summed E-state index contributed by atoms with van der Waals surface area (Å²) in [6.07, 6.45) is 3.26. The standard InChI is InChI=1S/C32H40N2O4/c1-22-18-26(35)19-23(2)27(22)21-29(33)31(37)15-9-14-30(36)28(20-25-12-7-4-8-13-25)32(38)34-17-16-24-10-5-3-6-11-24/h3-14,18-19,28-31,35-37H,15-17,20-21,33H2,1-2H3,(H,34,38). The summed E-state index contributed by atoms with van der Waals surface area (Å²) in [5.41, 5.74) is 11.2. The molecular weight excluding hydrogens is 476 g/mol. The highest BCUT2D eigenvalue weighted by atomic mass is 16.3. The van der Waals surface area contributed by atoms with Gasteiger partial charge in [0.1, 0.15) is 5.75 Å². The van der Waals surface area contributed by atoms with E-state index in [1.54, 1.807) is 24.3 Å². The zero-order valence-electron chi connectivity index (χ0n) is 22.3. The third-order valence-corrected chi connectivity index (χ3v) is 6.93. The lowest BCUT2D eigenvalue weighted by Crippen LogP contribution is -2.39. The summed E-state index contributed by atoms with van der Waals surface area (Å²) in [6, 6.07) is 22.4. The number of hydrogen-bond donors (Lipinski definition) is 5. The molecule has 1 amide bonds. The van der Waals surface area contributed by atoms with Gasteiger partial charge in [-0.2, -0.15) is 0 Å². The maximum atomic E-state index is 13.1. The molecule has 0 aliphatic heterocycles. The van der Waals surface area contributed by atoms with Gasteiger partial charge in [-0.05, 0) is 79.5 Å². The molecule has 0 radical (unpaired) electrons. The zero-order chi connectivity index (χ0) is 27.5. The van der Waals surface area contributed by atoms with Crippen LogP contribution in [0, 0.1) is 19.8 Å². The molecule has 3 aromatic carbocycles. The van der Waals surface area contributed by atoms with Gasteiger partial charge in [-0.15, -0.1) is 0 Å². The predicted molar refractivity (Wildman–Crippen MR) is 152 cm³/mol. The van der Waals surface area contributed by atoms with Crippen molar-refractivity contribution in [3.63, 3.8) is 0 Å². The van der Waals surface area contributed by atoms with Crippen molar-refractivity contribution < 1.29 is 20.1 Å². The van der Waals surface area contributed by atoms with Crippen LogP contribution in [0.1, 0.15) is 34.2 Å². The molecule has 0 aromatic heterocycles. The molecule has 0 saturated heterocycles. The van der Waals surface area contributed by atoms with Gasteiger partial charge in [0.2, 0.25) is 5.91 Å². The first kappa shape index (κ1) is 29.1. The van der Waals surface area contributed by atoms with E-state index in [0.717, 1.165) is 27.8 Å². The number of carbonyl (C=O) groups excluding carboxylic acids is 1. The number of phenols is 1. The van der Waals surface area contributed by atoms with Gasteiger partial charge >= 0.3 is 0 Å². The number of hydrogen-bond acceptors (Lipinski definition) is 5. The molecule has 6 heteroatoms. The maximum absolute atomic E-state index is 13.1. The lowest BCUT2D eigenvalue weighted by Gasteiger charge is -2.22. The molecule has 0 aliphatic carbocycles. The summed E-state index contributed by atoms with van der Waals surface area (Å²) in [5.74, 6) is -0.668. The van der Waals surface area contributed by atoms with Crippen LogP contribution in [0.25, 0.3) is 0 Å². The molecular formula is C32H40N2O4. The molecule has 0 saturated carbocycles. The summed E-state index contributed by atoms with van der Waals surface area (Å²) in [6.45, 7) is 4.30. The molecule has 3 rings (SSSR count). The van der Waals surface area contributed by atoms with E-state index in [1.165, 1.54) is 0 Å². The second-order valence-electron chi connectivity index (χ2n) is 9.97. The van der Waals surface area contributed by atoms with Crippen molar-refractivity contribution in [2.24, 2.45) is 11.7 Å². The number of aliphatic hydroxyl groups is 2. The molecule has 0 fully saturated rings. The van der Waals surface area contributed by atoms with Gasteiger partial charge in [-0.1, -0.05) is 72.8 Å². The molecule has 0 aliphatic rings. The fraction of sp³-hybridized carbons (Fsp3) is 0.344. The van der Waals surface area contributed by atoms with E-state index in [4.69, 9.17) is 5.73 Å². The van der Waals surface area contributed by atoms with Crippen LogP contribution < -0.4 is 11.1 Å². The van der Waals surface area contributed by atoms with Crippen molar-refractivity contribution in [2.45, 2.75) is 57.8 Å². The molecule has 202 valence electrons. The van der Waals surface area contributed by atoms with Crippen molar-refractivity contribution in [3.8, 4) is 5.75 Å². The number of nitrogens with two attached hydrogens (primary N) is 1. The Labute approximate surface area is 225 Å². The highest BCUT2D eigenvalue weighted by Crippen LogP contribution is 2.23. The summed E-state index contributed by atoms with van der Waals surface area (Å²) < 4.78 is 0. The first-order valence-electron chi connectivity index (χ1n) is 13.2. The molecule has 38 heavy (non-hydrogen) atoms. The summed E-state index contributed by atoms with van der Waals surface area (Å²) in [4.78, 5) is 13.1. The molecule has 6 N–H and O–H groups in total. The lowest BCUT2D eigenvalue weighted by atomic mass is 9.91. The Morgan fingerprint density at radius 3 is 2.11 bits per heavy atom. The Morgan fingerprint density at radius 2 is 1.50 bits per heavy atom. The maximum Gasteiger partial charge on any atom is 0.226 e. The van der Waals surface area contributed by atoms with Gasteiger partial charge in [-0.3, -0.25) is 4.79 Å². The number of rotatable bonds is 13. The molecule has 0 spiro atoms. The number of amides is 1. The molecule has 0 heterocycles. The smallest absolute Gasteiger partial charge is 0.226 e. The van der Waals surface area contributed by atoms with Crippen molar-refractivity contribution >= 4 is 5.91 Å². The number of carbonyl (C=O) groups is 1. The molecule has 0 bridgehead atoms. The van der Waals surface area contributed by atoms with Crippen molar-refractivity contribution in [2.75, 3.05) is 6.54 Å². The van der Waals surface area contributed by atoms with Crippen molar-refractivity contribution in [1.29, 1.82) is 0 Å². The van der Waals surface area contributed by atoms with Crippen LogP contribution in [0.4, 0.5) is 0 Å². The van der Waals surface area contributed by atoms with Crippen LogP contribution in [-0.4, -0.2) is 46.0 Å². The van der Waals surface area contributed by atoms with E-state index < -0.39 is 24.2 Å². The molecule has 6 nitrogen and oxygen atoms in total. The zero-order valence-corrected chi connectivity index (χ0v) is 22.3. The Morgan fingerprint density at radius 1 is 0.921 bits per heavy atom. The number of phenolic OH excluding ortho intramolecular Hbond substituents is 1. The minimum absolute atomic E-state index is 0.211. The van der Waals surface area contributed by atoms with Crippen LogP contribution in [0.3, 0.4) is 0 Å². The van der Waals surface area contributed by atoms with E-state index >= 15 is 0 Å². The highest BCUT2D eigenvalue weighted by Gasteiger charge is 2.25. The Hall–Kier alpha value is -3.45. The monoisotopic (exact) mass is 516 g/mol. The first-order chi connectivity index (χ1) is 18.2. The van der Waals surface area contributed by atoms with Gasteiger partial charge in [-0.25, -0.2) is 0 Å². The minimum atomic E-state index is -1.02. The number of aliphatic hydroxyl groups excluding tert-OH is 2. The Kier molecular flexibility index (Phi) is 11.1. The summed E-state index contributed by atoms with van der Waals surface area (Å²) in [5, 5.41) is 34.3. The van der Waals surface area contributed by atoms with Crippen LogP contribution in [0.2, 0.25) is 0 Å². The average molecular weight is 517 g/mol. The lowest BCUT2D eigenvalue weighted by molar-refractivity contribution is -0.127. The molecule has 4 atom stereocenters. The Balaban J connectivity index is 1.59. The van der Waals surface area contributed by atoms with E-state index in [1.807, 2.05) is 74.5 Å². The topological polar surface area (TPSA) is 116 Å². The fourth-order valence-electron chi connectivity index (χ4n) is 4.67. The predicted octanol–water partition coefficient (Wildman–Crippen LogP) is 3.76. The molecule has 4 unspecified atom stereocenters. The largest absolute Gasteiger partial charge is 0.508 e. The van der Waals surface area contributed by atoms with Crippen LogP contribution in [0.15, 0.2) is 84.9 Å². The summed E-state index contributed by atoms with van der Waals surface area (Å²) >= 11 is 0. The highest BCUT2D eigenvalue weighted by molar-refractivity contribution is 5.79. The van der Waals surface area contributed by atoms with E-state index in [-0.39, 0.29) is 18.1 Å². The third kappa shape index (κ3) is 8.84. The van der Waals surface area contributed by atoms with Gasteiger partial charge in [0.25, 0.3) is 0 Å². The first-order valence-corrected chi connectivity index (χ1v) is 13.2. The van der Waals surface area contributed by atoms with Crippen LogP contribution >= 0.6 is 0 Å². The van der Waals surface area contributed by atoms with Gasteiger partial charge in [0.15, 0.2) is 0 Å².